The largest absolute Gasteiger partial charge is 0.362 e. The van der Waals surface area contributed by atoms with Crippen molar-refractivity contribution in [3.8, 4) is 0 Å². The summed E-state index contributed by atoms with van der Waals surface area (Å²) in [6.07, 6.45) is 3.41. The second-order valence-electron chi connectivity index (χ2n) is 6.81. The van der Waals surface area contributed by atoms with Gasteiger partial charge in [0.1, 0.15) is 0 Å². The highest BCUT2D eigenvalue weighted by molar-refractivity contribution is 5.86. The zero-order valence-corrected chi connectivity index (χ0v) is 14.7. The molecule has 0 bridgehead atoms. The zero-order chi connectivity index (χ0) is 18.5. The molecule has 2 aliphatic heterocycles. The second-order valence-corrected chi connectivity index (χ2v) is 6.81. The van der Waals surface area contributed by atoms with Crippen LogP contribution in [0.4, 0.5) is 10.5 Å². The van der Waals surface area contributed by atoms with Crippen LogP contribution in [0.15, 0.2) is 24.3 Å². The van der Waals surface area contributed by atoms with E-state index in [0.717, 1.165) is 31.5 Å². The Hall–Kier alpha value is -2.77. The number of primary amides is 1. The average Bonchev–Trinajstić information content (AvgIpc) is 2.66. The number of hydrazine groups is 1. The van der Waals surface area contributed by atoms with Gasteiger partial charge in [0.15, 0.2) is 0 Å². The number of aryl methyl sites for hydroxylation is 1. The van der Waals surface area contributed by atoms with Gasteiger partial charge in [-0.2, -0.15) is 0 Å². The van der Waals surface area contributed by atoms with Gasteiger partial charge < -0.3 is 15.5 Å². The molecular formula is C18H25N5O3. The number of hydrogen-bond donors (Lipinski definition) is 3. The monoisotopic (exact) mass is 359 g/mol. The van der Waals surface area contributed by atoms with Crippen molar-refractivity contribution in [2.24, 2.45) is 11.7 Å². The lowest BCUT2D eigenvalue weighted by atomic mass is 9.98. The van der Waals surface area contributed by atoms with Crippen LogP contribution in [0.3, 0.4) is 0 Å². The number of amides is 4. The molecule has 0 unspecified atom stereocenters. The van der Waals surface area contributed by atoms with Crippen LogP contribution in [0, 0.1) is 5.92 Å². The fraction of sp³-hybridized carbons (Fsp3) is 0.500. The predicted molar refractivity (Wildman–Crippen MR) is 97.1 cm³/mol. The molecule has 1 saturated heterocycles. The van der Waals surface area contributed by atoms with E-state index in [1.165, 1.54) is 10.5 Å². The molecule has 0 aromatic heterocycles. The van der Waals surface area contributed by atoms with Crippen molar-refractivity contribution in [3.63, 3.8) is 0 Å². The standard InChI is InChI=1S/C18H25N5O3/c19-18(26)23-10-4-7-14(11-23)17(25)21-20-16(24)12-22-9-3-6-13-5-1-2-8-15(13)22/h1-2,5,8,14H,3-4,6-7,9-12H2,(H2,19,26)(H,20,24)(H,21,25)/t14-/m0/s1. The molecule has 140 valence electrons. The first kappa shape index (κ1) is 18.0. The van der Waals surface area contributed by atoms with Crippen LogP contribution in [0.2, 0.25) is 0 Å². The number of hydrogen-bond acceptors (Lipinski definition) is 4. The third kappa shape index (κ3) is 4.25. The molecule has 8 nitrogen and oxygen atoms in total. The molecule has 26 heavy (non-hydrogen) atoms. The summed E-state index contributed by atoms with van der Waals surface area (Å²) in [4.78, 5) is 39.2. The lowest BCUT2D eigenvalue weighted by molar-refractivity contribution is -0.131. The summed E-state index contributed by atoms with van der Waals surface area (Å²) in [5.74, 6) is -0.909. The molecule has 0 saturated carbocycles. The lowest BCUT2D eigenvalue weighted by Crippen LogP contribution is -2.52. The fourth-order valence-electron chi connectivity index (χ4n) is 3.61. The lowest BCUT2D eigenvalue weighted by Gasteiger charge is -2.31. The van der Waals surface area contributed by atoms with Gasteiger partial charge in [-0.3, -0.25) is 20.4 Å². The van der Waals surface area contributed by atoms with Crippen LogP contribution in [0.5, 0.6) is 0 Å². The molecule has 4 N–H and O–H groups in total. The van der Waals surface area contributed by atoms with E-state index < -0.39 is 6.03 Å². The zero-order valence-electron chi connectivity index (χ0n) is 14.7. The molecule has 0 radical (unpaired) electrons. The molecule has 2 aliphatic rings. The quantitative estimate of drug-likeness (QED) is 0.678. The minimum Gasteiger partial charge on any atom is -0.362 e. The molecule has 1 fully saturated rings. The number of nitrogens with two attached hydrogens (primary N) is 1. The molecule has 0 spiro atoms. The SMILES string of the molecule is NC(=O)N1CCC[C@H](C(=O)NNC(=O)CN2CCCc3ccccc32)C1. The highest BCUT2D eigenvalue weighted by Gasteiger charge is 2.28. The molecular weight excluding hydrogens is 334 g/mol. The van der Waals surface area contributed by atoms with E-state index >= 15 is 0 Å². The van der Waals surface area contributed by atoms with Gasteiger partial charge in [-0.05, 0) is 37.3 Å². The van der Waals surface area contributed by atoms with Crippen LogP contribution in [0.1, 0.15) is 24.8 Å². The van der Waals surface area contributed by atoms with Crippen molar-refractivity contribution in [1.82, 2.24) is 15.8 Å². The Morgan fingerprint density at radius 3 is 2.73 bits per heavy atom. The third-order valence-corrected chi connectivity index (χ3v) is 4.97. The van der Waals surface area contributed by atoms with Crippen LogP contribution < -0.4 is 21.5 Å². The normalized spacial score (nSPS) is 19.5. The number of carbonyl (C=O) groups excluding carboxylic acids is 3. The summed E-state index contributed by atoms with van der Waals surface area (Å²) in [6, 6.07) is 7.54. The predicted octanol–water partition coefficient (Wildman–Crippen LogP) is 0.377. The molecule has 1 atom stereocenters. The Morgan fingerprint density at radius 2 is 1.92 bits per heavy atom. The molecule has 0 aliphatic carbocycles. The average molecular weight is 359 g/mol. The van der Waals surface area contributed by atoms with Gasteiger partial charge in [-0.25, -0.2) is 4.79 Å². The first-order valence-electron chi connectivity index (χ1n) is 9.00. The smallest absolute Gasteiger partial charge is 0.314 e. The van der Waals surface area contributed by atoms with Crippen molar-refractivity contribution in [1.29, 1.82) is 0 Å². The van der Waals surface area contributed by atoms with Gasteiger partial charge in [-0.15, -0.1) is 0 Å². The van der Waals surface area contributed by atoms with Crippen LogP contribution >= 0.6 is 0 Å². The maximum Gasteiger partial charge on any atom is 0.314 e. The van der Waals surface area contributed by atoms with E-state index in [9.17, 15) is 14.4 Å². The van der Waals surface area contributed by atoms with Crippen LogP contribution in [-0.2, 0) is 16.0 Å². The number of rotatable bonds is 3. The van der Waals surface area contributed by atoms with Gasteiger partial charge in [0, 0.05) is 25.3 Å². The minimum atomic E-state index is -0.518. The minimum absolute atomic E-state index is 0.190. The number of carbonyl (C=O) groups is 3. The fourth-order valence-corrected chi connectivity index (χ4v) is 3.61. The Labute approximate surface area is 152 Å². The van der Waals surface area contributed by atoms with Gasteiger partial charge in [0.2, 0.25) is 5.91 Å². The Balaban J connectivity index is 1.49. The summed E-state index contributed by atoms with van der Waals surface area (Å²) in [5, 5.41) is 0. The topological polar surface area (TPSA) is 108 Å². The van der Waals surface area contributed by atoms with E-state index in [1.807, 2.05) is 23.1 Å². The summed E-state index contributed by atoms with van der Waals surface area (Å²) >= 11 is 0. The van der Waals surface area contributed by atoms with Gasteiger partial charge >= 0.3 is 6.03 Å². The molecule has 2 heterocycles. The van der Waals surface area contributed by atoms with Gasteiger partial charge in [0.05, 0.1) is 12.5 Å². The Bertz CT molecular complexity index is 693. The highest BCUT2D eigenvalue weighted by Crippen LogP contribution is 2.26. The first-order valence-corrected chi connectivity index (χ1v) is 9.00. The number of fused-ring (bicyclic) bond motifs is 1. The van der Waals surface area contributed by atoms with Gasteiger partial charge in [-0.1, -0.05) is 18.2 Å². The maximum absolute atomic E-state index is 12.2. The number of piperidine rings is 1. The number of urea groups is 1. The second kappa shape index (κ2) is 8.07. The number of nitrogens with zero attached hydrogens (tertiary/aromatic N) is 2. The highest BCUT2D eigenvalue weighted by atomic mass is 16.2. The number of nitrogens with one attached hydrogen (secondary N) is 2. The summed E-state index contributed by atoms with van der Waals surface area (Å²) in [6.45, 7) is 1.86. The van der Waals surface area contributed by atoms with Gasteiger partial charge in [0.25, 0.3) is 5.91 Å². The van der Waals surface area contributed by atoms with Crippen molar-refractivity contribution in [2.75, 3.05) is 31.1 Å². The number of para-hydroxylation sites is 1. The maximum atomic E-state index is 12.2. The van der Waals surface area contributed by atoms with Crippen molar-refractivity contribution < 1.29 is 14.4 Å². The van der Waals surface area contributed by atoms with E-state index in [-0.39, 0.29) is 30.8 Å². The molecule has 4 amide bonds. The van der Waals surface area contributed by atoms with E-state index in [2.05, 4.69) is 16.9 Å². The first-order chi connectivity index (χ1) is 12.5. The molecule has 1 aromatic carbocycles. The summed E-state index contributed by atoms with van der Waals surface area (Å²) in [7, 11) is 0. The van der Waals surface area contributed by atoms with E-state index in [1.54, 1.807) is 0 Å². The third-order valence-electron chi connectivity index (χ3n) is 4.97. The number of likely N-dealkylation sites (tertiary alicyclic amines) is 1. The van der Waals surface area contributed by atoms with Crippen molar-refractivity contribution in [3.05, 3.63) is 29.8 Å². The molecule has 1 aromatic rings. The van der Waals surface area contributed by atoms with E-state index in [0.29, 0.717) is 13.0 Å². The Morgan fingerprint density at radius 1 is 1.12 bits per heavy atom. The number of anilines is 1. The molecule has 3 rings (SSSR count). The summed E-state index contributed by atoms with van der Waals surface area (Å²) in [5.41, 5.74) is 12.6. The number of benzene rings is 1. The Kier molecular flexibility index (Phi) is 5.60. The van der Waals surface area contributed by atoms with E-state index in [4.69, 9.17) is 5.73 Å². The van der Waals surface area contributed by atoms with Crippen molar-refractivity contribution >= 4 is 23.5 Å². The van der Waals surface area contributed by atoms with Crippen LogP contribution in [0.25, 0.3) is 0 Å². The molecule has 8 heteroatoms. The van der Waals surface area contributed by atoms with Crippen molar-refractivity contribution in [2.45, 2.75) is 25.7 Å². The van der Waals surface area contributed by atoms with Crippen LogP contribution in [-0.4, -0.2) is 48.9 Å². The summed E-state index contributed by atoms with van der Waals surface area (Å²) < 4.78 is 0.